The minimum absolute atomic E-state index is 0.364. The first kappa shape index (κ1) is 25.8. The average Bonchev–Trinajstić information content (AvgIpc) is 2.87. The summed E-state index contributed by atoms with van der Waals surface area (Å²) in [6.45, 7) is 7.35. The van der Waals surface area contributed by atoms with Crippen LogP contribution in [-0.2, 0) is 23.7 Å². The summed E-state index contributed by atoms with van der Waals surface area (Å²) in [4.78, 5) is 0. The molecule has 0 aromatic carbocycles. The zero-order chi connectivity index (χ0) is 22.6. The van der Waals surface area contributed by atoms with Crippen molar-refractivity contribution in [1.82, 2.24) is 10.6 Å². The van der Waals surface area contributed by atoms with Gasteiger partial charge in [0.05, 0.1) is 65.1 Å². The van der Waals surface area contributed by atoms with E-state index in [2.05, 4.69) is 10.6 Å². The van der Waals surface area contributed by atoms with Crippen LogP contribution in [0.4, 0.5) is 0 Å². The molecule has 0 aromatic rings. The highest BCUT2D eigenvalue weighted by molar-refractivity contribution is 4.92. The lowest BCUT2D eigenvalue weighted by Gasteiger charge is -2.41. The van der Waals surface area contributed by atoms with Crippen LogP contribution in [0.2, 0.25) is 0 Å². The van der Waals surface area contributed by atoms with Gasteiger partial charge in [-0.2, -0.15) is 0 Å². The molecule has 2 saturated carbocycles. The Labute approximate surface area is 201 Å². The van der Waals surface area contributed by atoms with Crippen LogP contribution in [0.1, 0.15) is 64.2 Å². The molecule has 2 saturated heterocycles. The van der Waals surface area contributed by atoms with Crippen molar-refractivity contribution in [2.75, 3.05) is 65.9 Å². The summed E-state index contributed by atoms with van der Waals surface area (Å²) in [7, 11) is 0. The van der Waals surface area contributed by atoms with Crippen molar-refractivity contribution in [3.8, 4) is 0 Å². The van der Waals surface area contributed by atoms with Gasteiger partial charge in [-0.1, -0.05) is 12.8 Å². The Hall–Kier alpha value is -0.280. The second kappa shape index (κ2) is 15.0. The molecule has 6 atom stereocenters. The van der Waals surface area contributed by atoms with Crippen LogP contribution in [0.5, 0.6) is 0 Å². The van der Waals surface area contributed by atoms with Gasteiger partial charge >= 0.3 is 0 Å². The largest absolute Gasteiger partial charge is 0.377 e. The van der Waals surface area contributed by atoms with Gasteiger partial charge in [0.25, 0.3) is 0 Å². The topological polar surface area (TPSA) is 70.2 Å². The molecule has 2 aliphatic carbocycles. The molecule has 2 heterocycles. The maximum Gasteiger partial charge on any atom is 0.0731 e. The molecule has 4 aliphatic rings. The van der Waals surface area contributed by atoms with E-state index in [0.29, 0.717) is 77.1 Å². The second-order valence-corrected chi connectivity index (χ2v) is 10.3. The van der Waals surface area contributed by atoms with Gasteiger partial charge in [-0.05, 0) is 76.3 Å². The van der Waals surface area contributed by atoms with E-state index in [1.807, 2.05) is 0 Å². The molecule has 33 heavy (non-hydrogen) atoms. The van der Waals surface area contributed by atoms with Crippen LogP contribution in [0, 0.1) is 11.8 Å². The number of rotatable bonds is 14. The van der Waals surface area contributed by atoms with Gasteiger partial charge in [0.2, 0.25) is 0 Å². The van der Waals surface area contributed by atoms with Crippen molar-refractivity contribution < 1.29 is 23.7 Å². The first-order chi connectivity index (χ1) is 16.4. The Bertz CT molecular complexity index is 477. The van der Waals surface area contributed by atoms with E-state index in [0.717, 1.165) is 24.9 Å². The summed E-state index contributed by atoms with van der Waals surface area (Å²) in [6, 6.07) is 1.12. The molecule has 0 spiro atoms. The van der Waals surface area contributed by atoms with Crippen molar-refractivity contribution in [3.63, 3.8) is 0 Å². The summed E-state index contributed by atoms with van der Waals surface area (Å²) in [6.07, 6.45) is 13.8. The van der Waals surface area contributed by atoms with Gasteiger partial charge in [-0.25, -0.2) is 0 Å². The SMILES string of the molecule is C1CNC2C(C1)CCCC2OCCOCCOCCOCCOC1CCCC2CCCNC21. The van der Waals surface area contributed by atoms with Crippen LogP contribution in [0.3, 0.4) is 0 Å². The molecule has 6 unspecified atom stereocenters. The zero-order valence-corrected chi connectivity index (χ0v) is 20.6. The average molecular weight is 469 g/mol. The van der Waals surface area contributed by atoms with Crippen molar-refractivity contribution >= 4 is 0 Å². The first-order valence-electron chi connectivity index (χ1n) is 13.8. The van der Waals surface area contributed by atoms with E-state index in [-0.39, 0.29) is 0 Å². The van der Waals surface area contributed by atoms with Crippen molar-refractivity contribution in [3.05, 3.63) is 0 Å². The molecule has 0 bridgehead atoms. The lowest BCUT2D eigenvalue weighted by molar-refractivity contribution is -0.0581. The summed E-state index contributed by atoms with van der Waals surface area (Å²) < 4.78 is 29.3. The lowest BCUT2D eigenvalue weighted by atomic mass is 9.78. The highest BCUT2D eigenvalue weighted by atomic mass is 16.6. The number of piperidine rings is 2. The third-order valence-corrected chi connectivity index (χ3v) is 8.07. The molecular weight excluding hydrogens is 420 g/mol. The molecular formula is C26H48N2O5. The fraction of sp³-hybridized carbons (Fsp3) is 1.00. The van der Waals surface area contributed by atoms with Gasteiger partial charge in [0.15, 0.2) is 0 Å². The lowest BCUT2D eigenvalue weighted by Crippen LogP contribution is -2.52. The molecule has 4 rings (SSSR count). The minimum Gasteiger partial charge on any atom is -0.377 e. The molecule has 0 radical (unpaired) electrons. The third kappa shape index (κ3) is 8.41. The Morgan fingerprint density at radius 3 is 1.30 bits per heavy atom. The maximum absolute atomic E-state index is 6.14. The minimum atomic E-state index is 0.364. The van der Waals surface area contributed by atoms with E-state index < -0.39 is 0 Å². The van der Waals surface area contributed by atoms with E-state index in [4.69, 9.17) is 23.7 Å². The van der Waals surface area contributed by atoms with Gasteiger partial charge in [-0.3, -0.25) is 0 Å². The van der Waals surface area contributed by atoms with Crippen LogP contribution < -0.4 is 10.6 Å². The van der Waals surface area contributed by atoms with Crippen LogP contribution in [0.25, 0.3) is 0 Å². The van der Waals surface area contributed by atoms with Crippen LogP contribution in [0.15, 0.2) is 0 Å². The molecule has 192 valence electrons. The summed E-state index contributed by atoms with van der Waals surface area (Å²) >= 11 is 0. The Balaban J connectivity index is 0.918. The monoisotopic (exact) mass is 468 g/mol. The van der Waals surface area contributed by atoms with E-state index in [1.165, 1.54) is 64.2 Å². The highest BCUT2D eigenvalue weighted by Gasteiger charge is 2.36. The Morgan fingerprint density at radius 2 is 0.848 bits per heavy atom. The van der Waals surface area contributed by atoms with E-state index >= 15 is 0 Å². The zero-order valence-electron chi connectivity index (χ0n) is 20.6. The van der Waals surface area contributed by atoms with E-state index in [1.54, 1.807) is 0 Å². The van der Waals surface area contributed by atoms with Gasteiger partial charge < -0.3 is 34.3 Å². The number of ether oxygens (including phenoxy) is 5. The summed E-state index contributed by atoms with van der Waals surface area (Å²) in [5.74, 6) is 1.63. The van der Waals surface area contributed by atoms with Crippen molar-refractivity contribution in [1.29, 1.82) is 0 Å². The Kier molecular flexibility index (Phi) is 11.7. The normalized spacial score (nSPS) is 34.5. The van der Waals surface area contributed by atoms with Crippen LogP contribution >= 0.6 is 0 Å². The Morgan fingerprint density at radius 1 is 0.455 bits per heavy atom. The number of hydrogen-bond acceptors (Lipinski definition) is 7. The summed E-state index contributed by atoms with van der Waals surface area (Å²) in [5, 5.41) is 7.37. The summed E-state index contributed by atoms with van der Waals surface area (Å²) in [5.41, 5.74) is 0. The van der Waals surface area contributed by atoms with Crippen molar-refractivity contribution in [2.45, 2.75) is 88.5 Å². The van der Waals surface area contributed by atoms with E-state index in [9.17, 15) is 0 Å². The standard InChI is InChI=1S/C26H48N2O5/c1-5-21-7-3-11-27-25(21)23(9-1)32-19-17-30-15-13-29-14-16-31-18-20-33-24-10-2-6-22-8-4-12-28-26(22)24/h21-28H,1-20H2. The predicted octanol–water partition coefficient (Wildman–Crippen LogP) is 2.91. The predicted molar refractivity (Wildman–Crippen MR) is 129 cm³/mol. The molecule has 2 aliphatic heterocycles. The smallest absolute Gasteiger partial charge is 0.0731 e. The quantitative estimate of drug-likeness (QED) is 0.380. The van der Waals surface area contributed by atoms with Crippen LogP contribution in [-0.4, -0.2) is 90.2 Å². The number of hydrogen-bond donors (Lipinski definition) is 2. The van der Waals surface area contributed by atoms with Gasteiger partial charge in [0, 0.05) is 12.1 Å². The molecule has 2 N–H and O–H groups in total. The first-order valence-corrected chi connectivity index (χ1v) is 13.8. The highest BCUT2D eigenvalue weighted by Crippen LogP contribution is 2.33. The molecule has 7 nitrogen and oxygen atoms in total. The number of fused-ring (bicyclic) bond motifs is 2. The van der Waals surface area contributed by atoms with Gasteiger partial charge in [-0.15, -0.1) is 0 Å². The van der Waals surface area contributed by atoms with Gasteiger partial charge in [0.1, 0.15) is 0 Å². The third-order valence-electron chi connectivity index (χ3n) is 8.07. The molecule has 0 aromatic heterocycles. The molecule has 4 fully saturated rings. The molecule has 0 amide bonds. The molecule has 7 heteroatoms. The fourth-order valence-corrected chi connectivity index (χ4v) is 6.43. The second-order valence-electron chi connectivity index (χ2n) is 10.3. The fourth-order valence-electron chi connectivity index (χ4n) is 6.43. The number of nitrogens with one attached hydrogen (secondary N) is 2. The maximum atomic E-state index is 6.14. The van der Waals surface area contributed by atoms with Crippen molar-refractivity contribution in [2.24, 2.45) is 11.8 Å².